The standard InChI is InChI=1S/C9H18O.CH4/c1-3-4-5-6-7-8-9(2)10;/h3-8H2,1-2H3;1H4. The van der Waals surface area contributed by atoms with Gasteiger partial charge in [-0.2, -0.15) is 0 Å². The monoisotopic (exact) mass is 158 g/mol. The van der Waals surface area contributed by atoms with E-state index < -0.39 is 0 Å². The molecule has 1 nitrogen and oxygen atoms in total. The molecule has 0 aliphatic rings. The zero-order valence-corrected chi connectivity index (χ0v) is 7.15. The van der Waals surface area contributed by atoms with Crippen molar-refractivity contribution in [1.82, 2.24) is 0 Å². The SMILES string of the molecule is C.CCCCCCCC(C)=O. The van der Waals surface area contributed by atoms with Crippen molar-refractivity contribution in [3.8, 4) is 0 Å². The molecule has 0 amide bonds. The Kier molecular flexibility index (Phi) is 11.7. The van der Waals surface area contributed by atoms with E-state index in [1.165, 1.54) is 25.7 Å². The van der Waals surface area contributed by atoms with Crippen molar-refractivity contribution < 1.29 is 4.79 Å². The van der Waals surface area contributed by atoms with Crippen LogP contribution < -0.4 is 0 Å². The van der Waals surface area contributed by atoms with Crippen molar-refractivity contribution >= 4 is 5.78 Å². The molecule has 0 aromatic rings. The Bertz CT molecular complexity index is 86.9. The first kappa shape index (κ1) is 13.3. The molecular weight excluding hydrogens is 136 g/mol. The van der Waals surface area contributed by atoms with E-state index in [2.05, 4.69) is 6.92 Å². The lowest BCUT2D eigenvalue weighted by Gasteiger charge is -1.95. The third-order valence-electron chi connectivity index (χ3n) is 1.63. The summed E-state index contributed by atoms with van der Waals surface area (Å²) in [4.78, 5) is 10.5. The van der Waals surface area contributed by atoms with E-state index in [9.17, 15) is 4.79 Å². The predicted molar refractivity (Wildman–Crippen MR) is 50.8 cm³/mol. The lowest BCUT2D eigenvalue weighted by Crippen LogP contribution is -1.88. The van der Waals surface area contributed by atoms with E-state index >= 15 is 0 Å². The Hall–Kier alpha value is -0.330. The summed E-state index contributed by atoms with van der Waals surface area (Å²) in [5.41, 5.74) is 0. The smallest absolute Gasteiger partial charge is 0.129 e. The molecule has 0 bridgehead atoms. The van der Waals surface area contributed by atoms with Gasteiger partial charge in [0, 0.05) is 6.42 Å². The summed E-state index contributed by atoms with van der Waals surface area (Å²) in [6.45, 7) is 3.87. The van der Waals surface area contributed by atoms with Gasteiger partial charge in [-0.3, -0.25) is 0 Å². The normalized spacial score (nSPS) is 8.91. The summed E-state index contributed by atoms with van der Waals surface area (Å²) in [6.07, 6.45) is 6.99. The van der Waals surface area contributed by atoms with Gasteiger partial charge in [0.2, 0.25) is 0 Å². The number of ketones is 1. The zero-order chi connectivity index (χ0) is 7.82. The van der Waals surface area contributed by atoms with Gasteiger partial charge >= 0.3 is 0 Å². The Morgan fingerprint density at radius 3 is 2.09 bits per heavy atom. The van der Waals surface area contributed by atoms with Gasteiger partial charge in [0.1, 0.15) is 5.78 Å². The van der Waals surface area contributed by atoms with Crippen LogP contribution in [0, 0.1) is 0 Å². The van der Waals surface area contributed by atoms with Crippen LogP contribution in [-0.4, -0.2) is 5.78 Å². The van der Waals surface area contributed by atoms with Crippen LogP contribution in [0.15, 0.2) is 0 Å². The summed E-state index contributed by atoms with van der Waals surface area (Å²) in [7, 11) is 0. The quantitative estimate of drug-likeness (QED) is 0.540. The summed E-state index contributed by atoms with van der Waals surface area (Å²) >= 11 is 0. The van der Waals surface area contributed by atoms with E-state index in [1.807, 2.05) is 0 Å². The van der Waals surface area contributed by atoms with Gasteiger partial charge < -0.3 is 4.79 Å². The first-order valence-corrected chi connectivity index (χ1v) is 4.26. The van der Waals surface area contributed by atoms with Gasteiger partial charge in [0.05, 0.1) is 0 Å². The molecule has 0 rings (SSSR count). The highest BCUT2D eigenvalue weighted by Crippen LogP contribution is 2.04. The van der Waals surface area contributed by atoms with E-state index in [0.717, 1.165) is 12.8 Å². The van der Waals surface area contributed by atoms with Crippen LogP contribution >= 0.6 is 0 Å². The topological polar surface area (TPSA) is 17.1 Å². The zero-order valence-electron chi connectivity index (χ0n) is 7.15. The third kappa shape index (κ3) is 12.8. The molecule has 0 spiro atoms. The fourth-order valence-electron chi connectivity index (χ4n) is 0.977. The Labute approximate surface area is 71.2 Å². The van der Waals surface area contributed by atoms with Crippen molar-refractivity contribution in [3.63, 3.8) is 0 Å². The Morgan fingerprint density at radius 1 is 1.09 bits per heavy atom. The van der Waals surface area contributed by atoms with E-state index in [1.54, 1.807) is 6.92 Å². The van der Waals surface area contributed by atoms with Gasteiger partial charge in [-0.1, -0.05) is 40.0 Å². The number of carbonyl (C=O) groups is 1. The van der Waals surface area contributed by atoms with E-state index in [-0.39, 0.29) is 7.43 Å². The lowest BCUT2D eigenvalue weighted by molar-refractivity contribution is -0.117. The first-order chi connectivity index (χ1) is 4.77. The molecule has 0 N–H and O–H groups in total. The molecule has 0 aromatic carbocycles. The molecule has 0 aliphatic heterocycles. The number of carbonyl (C=O) groups excluding carboxylic acids is 1. The number of rotatable bonds is 6. The van der Waals surface area contributed by atoms with E-state index in [4.69, 9.17) is 0 Å². The van der Waals surface area contributed by atoms with Crippen LogP contribution in [0.25, 0.3) is 0 Å². The number of unbranched alkanes of at least 4 members (excludes halogenated alkanes) is 4. The number of hydrogen-bond donors (Lipinski definition) is 0. The molecule has 0 radical (unpaired) electrons. The molecule has 68 valence electrons. The second-order valence-electron chi connectivity index (χ2n) is 2.87. The van der Waals surface area contributed by atoms with Crippen molar-refractivity contribution in [1.29, 1.82) is 0 Å². The molecule has 0 saturated heterocycles. The van der Waals surface area contributed by atoms with Gasteiger partial charge in [-0.05, 0) is 13.3 Å². The summed E-state index contributed by atoms with van der Waals surface area (Å²) < 4.78 is 0. The van der Waals surface area contributed by atoms with Crippen molar-refractivity contribution in [2.45, 2.75) is 59.8 Å². The van der Waals surface area contributed by atoms with Gasteiger partial charge in [0.25, 0.3) is 0 Å². The van der Waals surface area contributed by atoms with Crippen LogP contribution in [0.1, 0.15) is 59.8 Å². The third-order valence-corrected chi connectivity index (χ3v) is 1.63. The van der Waals surface area contributed by atoms with Gasteiger partial charge in [-0.25, -0.2) is 0 Å². The molecule has 11 heavy (non-hydrogen) atoms. The minimum atomic E-state index is 0. The summed E-state index contributed by atoms with van der Waals surface area (Å²) in [5, 5.41) is 0. The average Bonchev–Trinajstić information content (AvgIpc) is 1.87. The maximum atomic E-state index is 10.5. The van der Waals surface area contributed by atoms with Crippen LogP contribution in [0.5, 0.6) is 0 Å². The minimum absolute atomic E-state index is 0. The molecule has 0 unspecified atom stereocenters. The fourth-order valence-corrected chi connectivity index (χ4v) is 0.977. The number of Topliss-reactive ketones (excluding diaryl/α,β-unsaturated/α-hetero) is 1. The molecular formula is C10H22O. The molecule has 0 aromatic heterocycles. The van der Waals surface area contributed by atoms with Gasteiger partial charge in [0.15, 0.2) is 0 Å². The molecule has 0 atom stereocenters. The highest BCUT2D eigenvalue weighted by Gasteiger charge is 1.92. The van der Waals surface area contributed by atoms with Crippen molar-refractivity contribution in [2.24, 2.45) is 0 Å². The maximum Gasteiger partial charge on any atom is 0.129 e. The number of hydrogen-bond acceptors (Lipinski definition) is 1. The Balaban J connectivity index is 0. The minimum Gasteiger partial charge on any atom is -0.300 e. The van der Waals surface area contributed by atoms with E-state index in [0.29, 0.717) is 5.78 Å². The average molecular weight is 158 g/mol. The second kappa shape index (κ2) is 9.67. The van der Waals surface area contributed by atoms with Crippen LogP contribution in [0.2, 0.25) is 0 Å². The van der Waals surface area contributed by atoms with Crippen molar-refractivity contribution in [3.05, 3.63) is 0 Å². The predicted octanol–water partition coefficient (Wildman–Crippen LogP) is 3.57. The highest BCUT2D eigenvalue weighted by molar-refractivity contribution is 5.75. The first-order valence-electron chi connectivity index (χ1n) is 4.26. The second-order valence-corrected chi connectivity index (χ2v) is 2.87. The highest BCUT2D eigenvalue weighted by atomic mass is 16.1. The summed E-state index contributed by atoms with van der Waals surface area (Å²) in [6, 6.07) is 0. The molecule has 1 heteroatoms. The Morgan fingerprint density at radius 2 is 1.64 bits per heavy atom. The van der Waals surface area contributed by atoms with Crippen molar-refractivity contribution in [2.75, 3.05) is 0 Å². The van der Waals surface area contributed by atoms with Crippen LogP contribution in [0.4, 0.5) is 0 Å². The van der Waals surface area contributed by atoms with Gasteiger partial charge in [-0.15, -0.1) is 0 Å². The van der Waals surface area contributed by atoms with Crippen LogP contribution in [-0.2, 0) is 4.79 Å². The summed E-state index contributed by atoms with van der Waals surface area (Å²) in [5.74, 6) is 0.330. The molecule has 0 aliphatic carbocycles. The molecule has 0 heterocycles. The fraction of sp³-hybridized carbons (Fsp3) is 0.900. The largest absolute Gasteiger partial charge is 0.300 e. The lowest BCUT2D eigenvalue weighted by atomic mass is 10.1. The molecule has 0 saturated carbocycles. The maximum absolute atomic E-state index is 10.5. The molecule has 0 fully saturated rings. The van der Waals surface area contributed by atoms with Crippen LogP contribution in [0.3, 0.4) is 0 Å².